The van der Waals surface area contributed by atoms with Crippen LogP contribution in [-0.2, 0) is 4.74 Å². The molecule has 1 aliphatic heterocycles. The summed E-state index contributed by atoms with van der Waals surface area (Å²) < 4.78 is 11.1. The lowest BCUT2D eigenvalue weighted by Gasteiger charge is -2.21. The number of aromatic amines is 1. The van der Waals surface area contributed by atoms with Crippen molar-refractivity contribution < 1.29 is 9.47 Å². The lowest BCUT2D eigenvalue weighted by molar-refractivity contribution is 0.0745. The van der Waals surface area contributed by atoms with Crippen LogP contribution in [0.4, 0.5) is 0 Å². The Hall–Kier alpha value is -1.85. The summed E-state index contributed by atoms with van der Waals surface area (Å²) >= 11 is 0. The summed E-state index contributed by atoms with van der Waals surface area (Å²) in [5.74, 6) is 1.83. The molecule has 2 N–H and O–H groups in total. The van der Waals surface area contributed by atoms with E-state index in [-0.39, 0.29) is 6.04 Å². The van der Waals surface area contributed by atoms with Crippen LogP contribution in [-0.4, -0.2) is 36.3 Å². The van der Waals surface area contributed by atoms with Gasteiger partial charge < -0.3 is 19.8 Å². The van der Waals surface area contributed by atoms with Gasteiger partial charge in [-0.2, -0.15) is 0 Å². The second-order valence-corrected chi connectivity index (χ2v) is 5.14. The van der Waals surface area contributed by atoms with E-state index in [1.165, 1.54) is 0 Å². The molecule has 21 heavy (non-hydrogen) atoms. The molecule has 2 heterocycles. The molecule has 1 aromatic heterocycles. The lowest BCUT2D eigenvalue weighted by Crippen LogP contribution is -2.35. The molecule has 0 spiro atoms. The van der Waals surface area contributed by atoms with Gasteiger partial charge in [-0.3, -0.25) is 0 Å². The number of hydrogen-bond acceptors (Lipinski definition) is 4. The van der Waals surface area contributed by atoms with Gasteiger partial charge in [-0.15, -0.1) is 0 Å². The third-order valence-corrected chi connectivity index (χ3v) is 3.49. The van der Waals surface area contributed by atoms with Crippen LogP contribution in [0.25, 0.3) is 11.3 Å². The van der Waals surface area contributed by atoms with Gasteiger partial charge in [0.25, 0.3) is 0 Å². The second-order valence-electron chi connectivity index (χ2n) is 5.14. The van der Waals surface area contributed by atoms with Gasteiger partial charge in [-0.1, -0.05) is 6.92 Å². The van der Waals surface area contributed by atoms with Crippen molar-refractivity contribution in [1.82, 2.24) is 15.3 Å². The Morgan fingerprint density at radius 2 is 2.19 bits per heavy atom. The van der Waals surface area contributed by atoms with E-state index >= 15 is 0 Å². The number of aromatic nitrogens is 2. The molecule has 1 saturated heterocycles. The van der Waals surface area contributed by atoms with E-state index in [1.807, 2.05) is 30.5 Å². The van der Waals surface area contributed by atoms with Gasteiger partial charge >= 0.3 is 0 Å². The predicted molar refractivity (Wildman–Crippen MR) is 81.4 cm³/mol. The van der Waals surface area contributed by atoms with Crippen molar-refractivity contribution in [1.29, 1.82) is 0 Å². The molecular weight excluding hydrogens is 266 g/mol. The van der Waals surface area contributed by atoms with Crippen molar-refractivity contribution in [2.24, 2.45) is 0 Å². The summed E-state index contributed by atoms with van der Waals surface area (Å²) in [4.78, 5) is 7.83. The molecule has 1 atom stereocenters. The predicted octanol–water partition coefficient (Wildman–Crippen LogP) is 2.53. The first-order valence-corrected chi connectivity index (χ1v) is 7.46. The van der Waals surface area contributed by atoms with Gasteiger partial charge in [0.1, 0.15) is 11.6 Å². The molecule has 1 fully saturated rings. The van der Waals surface area contributed by atoms with Crippen molar-refractivity contribution in [3.63, 3.8) is 0 Å². The minimum Gasteiger partial charge on any atom is -0.494 e. The number of imidazole rings is 1. The smallest absolute Gasteiger partial charge is 0.126 e. The summed E-state index contributed by atoms with van der Waals surface area (Å²) in [5, 5.41) is 3.39. The monoisotopic (exact) mass is 287 g/mol. The minimum absolute atomic E-state index is 0.152. The first-order valence-electron chi connectivity index (χ1n) is 7.46. The van der Waals surface area contributed by atoms with E-state index in [0.717, 1.165) is 49.0 Å². The highest BCUT2D eigenvalue weighted by molar-refractivity contribution is 5.59. The van der Waals surface area contributed by atoms with Crippen LogP contribution in [0.1, 0.15) is 25.2 Å². The molecular formula is C16H21N3O2. The van der Waals surface area contributed by atoms with Crippen molar-refractivity contribution in [2.45, 2.75) is 19.4 Å². The second kappa shape index (κ2) is 6.74. The highest BCUT2D eigenvalue weighted by atomic mass is 16.5. The normalized spacial score (nSPS) is 18.6. The summed E-state index contributed by atoms with van der Waals surface area (Å²) in [6, 6.07) is 8.24. The zero-order valence-electron chi connectivity index (χ0n) is 12.3. The average molecular weight is 287 g/mol. The Balaban J connectivity index is 1.70. The van der Waals surface area contributed by atoms with E-state index in [9.17, 15) is 0 Å². The number of H-pyrrole nitrogens is 1. The van der Waals surface area contributed by atoms with Crippen molar-refractivity contribution in [3.8, 4) is 17.0 Å². The molecule has 0 bridgehead atoms. The lowest BCUT2D eigenvalue weighted by atomic mass is 10.1. The third-order valence-electron chi connectivity index (χ3n) is 3.49. The average Bonchev–Trinajstić information content (AvgIpc) is 3.04. The van der Waals surface area contributed by atoms with Crippen molar-refractivity contribution in [2.75, 3.05) is 26.4 Å². The molecule has 2 aromatic rings. The molecule has 0 aliphatic carbocycles. The highest BCUT2D eigenvalue weighted by Gasteiger charge is 2.18. The standard InChI is InChI=1S/C16H21N3O2/c1-2-8-21-13-5-3-12(4-6-13)14-10-18-16(19-14)15-11-20-9-7-17-15/h3-6,10,15,17H,2,7-9,11H2,1H3,(H,18,19). The molecule has 1 aromatic carbocycles. The number of morpholine rings is 1. The third kappa shape index (κ3) is 3.43. The van der Waals surface area contributed by atoms with Gasteiger partial charge in [0.2, 0.25) is 0 Å². The number of hydrogen-bond donors (Lipinski definition) is 2. The van der Waals surface area contributed by atoms with Crippen molar-refractivity contribution >= 4 is 0 Å². The summed E-state index contributed by atoms with van der Waals surface area (Å²) in [6.07, 6.45) is 2.88. The molecule has 5 heteroatoms. The molecule has 1 unspecified atom stereocenters. The van der Waals surface area contributed by atoms with Crippen LogP contribution in [0.3, 0.4) is 0 Å². The summed E-state index contributed by atoms with van der Waals surface area (Å²) in [5.41, 5.74) is 2.12. The first-order chi connectivity index (χ1) is 10.4. The fourth-order valence-electron chi connectivity index (χ4n) is 2.35. The van der Waals surface area contributed by atoms with Gasteiger partial charge in [-0.05, 0) is 36.2 Å². The molecule has 0 radical (unpaired) electrons. The molecule has 0 amide bonds. The SMILES string of the molecule is CCCOc1ccc(-c2cnc(C3COCCN3)[nH]2)cc1. The fourth-order valence-corrected chi connectivity index (χ4v) is 2.35. The van der Waals surface area contributed by atoms with E-state index in [4.69, 9.17) is 9.47 Å². The van der Waals surface area contributed by atoms with Crippen LogP contribution in [0, 0.1) is 0 Å². The minimum atomic E-state index is 0.152. The maximum atomic E-state index is 5.59. The topological polar surface area (TPSA) is 59.2 Å². The Kier molecular flexibility index (Phi) is 4.52. The Labute approximate surface area is 124 Å². The first kappa shape index (κ1) is 14.1. The fraction of sp³-hybridized carbons (Fsp3) is 0.438. The number of ether oxygens (including phenoxy) is 2. The van der Waals surface area contributed by atoms with E-state index in [0.29, 0.717) is 6.61 Å². The molecule has 0 saturated carbocycles. The Morgan fingerprint density at radius 1 is 1.33 bits per heavy atom. The van der Waals surface area contributed by atoms with Crippen LogP contribution in [0.5, 0.6) is 5.75 Å². The zero-order valence-corrected chi connectivity index (χ0v) is 12.3. The Morgan fingerprint density at radius 3 is 2.90 bits per heavy atom. The number of nitrogens with one attached hydrogen (secondary N) is 2. The number of rotatable bonds is 5. The van der Waals surface area contributed by atoms with E-state index < -0.39 is 0 Å². The quantitative estimate of drug-likeness (QED) is 0.887. The van der Waals surface area contributed by atoms with Gasteiger partial charge in [-0.25, -0.2) is 4.98 Å². The van der Waals surface area contributed by atoms with Crippen LogP contribution in [0.15, 0.2) is 30.5 Å². The number of nitrogens with zero attached hydrogens (tertiary/aromatic N) is 1. The van der Waals surface area contributed by atoms with Crippen LogP contribution >= 0.6 is 0 Å². The maximum Gasteiger partial charge on any atom is 0.126 e. The molecule has 3 rings (SSSR count). The summed E-state index contributed by atoms with van der Waals surface area (Å²) in [6.45, 7) is 5.15. The number of benzene rings is 1. The highest BCUT2D eigenvalue weighted by Crippen LogP contribution is 2.23. The summed E-state index contributed by atoms with van der Waals surface area (Å²) in [7, 11) is 0. The Bertz CT molecular complexity index is 559. The molecule has 112 valence electrons. The molecule has 5 nitrogen and oxygen atoms in total. The van der Waals surface area contributed by atoms with E-state index in [1.54, 1.807) is 0 Å². The van der Waals surface area contributed by atoms with Crippen LogP contribution in [0.2, 0.25) is 0 Å². The largest absolute Gasteiger partial charge is 0.494 e. The zero-order chi connectivity index (χ0) is 14.5. The van der Waals surface area contributed by atoms with Crippen LogP contribution < -0.4 is 10.1 Å². The van der Waals surface area contributed by atoms with Gasteiger partial charge in [0.15, 0.2) is 0 Å². The van der Waals surface area contributed by atoms with Gasteiger partial charge in [0.05, 0.1) is 37.8 Å². The molecule has 1 aliphatic rings. The van der Waals surface area contributed by atoms with Gasteiger partial charge in [0, 0.05) is 6.54 Å². The van der Waals surface area contributed by atoms with Crippen molar-refractivity contribution in [3.05, 3.63) is 36.3 Å². The van der Waals surface area contributed by atoms with E-state index in [2.05, 4.69) is 22.2 Å². The maximum absolute atomic E-state index is 5.59.